The van der Waals surface area contributed by atoms with Gasteiger partial charge in [-0.05, 0) is 37.8 Å². The summed E-state index contributed by atoms with van der Waals surface area (Å²) in [5.41, 5.74) is 1.50. The maximum atomic E-state index is 12.3. The molecule has 18 heavy (non-hydrogen) atoms. The number of nitrogens with one attached hydrogen (secondary N) is 1. The standard InChI is InChI=1S/C14H21N3O/c1-3-15-12-4-7-16-13(10-12)14(18)17-8-5-11(2)6-9-17/h4,7,10-11H,3,5-6,8-9H2,1-2H3,(H,15,16). The zero-order valence-electron chi connectivity index (χ0n) is 11.1. The van der Waals surface area contributed by atoms with Gasteiger partial charge in [-0.25, -0.2) is 0 Å². The molecule has 98 valence electrons. The van der Waals surface area contributed by atoms with Gasteiger partial charge in [0, 0.05) is 31.5 Å². The molecule has 0 radical (unpaired) electrons. The number of hydrogen-bond donors (Lipinski definition) is 1. The van der Waals surface area contributed by atoms with Crippen molar-refractivity contribution < 1.29 is 4.79 Å². The summed E-state index contributed by atoms with van der Waals surface area (Å²) in [6.07, 6.45) is 3.88. The second kappa shape index (κ2) is 5.85. The topological polar surface area (TPSA) is 45.2 Å². The molecule has 4 heteroatoms. The predicted molar refractivity (Wildman–Crippen MR) is 72.7 cm³/mol. The van der Waals surface area contributed by atoms with Crippen LogP contribution in [-0.4, -0.2) is 35.4 Å². The van der Waals surface area contributed by atoms with Gasteiger partial charge in [-0.2, -0.15) is 0 Å². The van der Waals surface area contributed by atoms with E-state index < -0.39 is 0 Å². The van der Waals surface area contributed by atoms with Crippen LogP contribution in [0.4, 0.5) is 5.69 Å². The van der Waals surface area contributed by atoms with Gasteiger partial charge in [-0.3, -0.25) is 9.78 Å². The number of hydrogen-bond acceptors (Lipinski definition) is 3. The van der Waals surface area contributed by atoms with Gasteiger partial charge in [-0.1, -0.05) is 6.92 Å². The Kier molecular flexibility index (Phi) is 4.18. The van der Waals surface area contributed by atoms with E-state index in [4.69, 9.17) is 0 Å². The van der Waals surface area contributed by atoms with Crippen molar-refractivity contribution in [3.8, 4) is 0 Å². The number of likely N-dealkylation sites (tertiary alicyclic amines) is 1. The van der Waals surface area contributed by atoms with Gasteiger partial charge in [0.1, 0.15) is 5.69 Å². The highest BCUT2D eigenvalue weighted by Gasteiger charge is 2.22. The van der Waals surface area contributed by atoms with Crippen LogP contribution in [0.25, 0.3) is 0 Å². The smallest absolute Gasteiger partial charge is 0.272 e. The Morgan fingerprint density at radius 1 is 1.50 bits per heavy atom. The lowest BCUT2D eigenvalue weighted by Crippen LogP contribution is -2.38. The molecule has 1 fully saturated rings. The Hall–Kier alpha value is -1.58. The Balaban J connectivity index is 2.06. The Bertz CT molecular complexity index is 411. The van der Waals surface area contributed by atoms with Gasteiger partial charge in [0.05, 0.1) is 0 Å². The molecule has 0 aromatic carbocycles. The number of piperidine rings is 1. The number of carbonyl (C=O) groups is 1. The normalized spacial score (nSPS) is 16.7. The van der Waals surface area contributed by atoms with Crippen LogP contribution in [-0.2, 0) is 0 Å². The molecule has 0 aliphatic carbocycles. The van der Waals surface area contributed by atoms with Crippen molar-refractivity contribution in [1.29, 1.82) is 0 Å². The van der Waals surface area contributed by atoms with E-state index in [9.17, 15) is 4.79 Å². The summed E-state index contributed by atoms with van der Waals surface area (Å²) < 4.78 is 0. The van der Waals surface area contributed by atoms with Crippen LogP contribution >= 0.6 is 0 Å². The van der Waals surface area contributed by atoms with Crippen LogP contribution in [0.15, 0.2) is 18.3 Å². The molecule has 1 aromatic rings. The molecule has 1 aromatic heterocycles. The molecule has 0 saturated carbocycles. The third-order valence-electron chi connectivity index (χ3n) is 3.43. The summed E-state index contributed by atoms with van der Waals surface area (Å²) in [7, 11) is 0. The number of nitrogens with zero attached hydrogens (tertiary/aromatic N) is 2. The molecular weight excluding hydrogens is 226 g/mol. The molecule has 1 aliphatic heterocycles. The van der Waals surface area contributed by atoms with Crippen molar-refractivity contribution in [3.05, 3.63) is 24.0 Å². The number of amides is 1. The molecule has 1 N–H and O–H groups in total. The summed E-state index contributed by atoms with van der Waals surface area (Å²) in [5, 5.41) is 3.20. The zero-order valence-corrected chi connectivity index (χ0v) is 11.1. The molecule has 4 nitrogen and oxygen atoms in total. The fourth-order valence-electron chi connectivity index (χ4n) is 2.24. The molecule has 0 unspecified atom stereocenters. The number of anilines is 1. The van der Waals surface area contributed by atoms with Crippen molar-refractivity contribution in [2.24, 2.45) is 5.92 Å². The van der Waals surface area contributed by atoms with Crippen molar-refractivity contribution in [1.82, 2.24) is 9.88 Å². The van der Waals surface area contributed by atoms with Crippen LogP contribution in [0.5, 0.6) is 0 Å². The zero-order chi connectivity index (χ0) is 13.0. The maximum absolute atomic E-state index is 12.3. The van der Waals surface area contributed by atoms with Crippen molar-refractivity contribution in [3.63, 3.8) is 0 Å². The van der Waals surface area contributed by atoms with E-state index in [-0.39, 0.29) is 5.91 Å². The first-order valence-electron chi connectivity index (χ1n) is 6.70. The minimum absolute atomic E-state index is 0.0571. The molecule has 2 heterocycles. The third kappa shape index (κ3) is 3.00. The molecular formula is C14H21N3O. The van der Waals surface area contributed by atoms with Crippen LogP contribution in [0.1, 0.15) is 37.2 Å². The number of rotatable bonds is 3. The number of pyridine rings is 1. The predicted octanol–water partition coefficient (Wildman–Crippen LogP) is 2.39. The average Bonchev–Trinajstić information content (AvgIpc) is 2.39. The maximum Gasteiger partial charge on any atom is 0.272 e. The molecule has 1 saturated heterocycles. The van der Waals surface area contributed by atoms with Gasteiger partial charge >= 0.3 is 0 Å². The highest BCUT2D eigenvalue weighted by Crippen LogP contribution is 2.18. The molecule has 0 bridgehead atoms. The Morgan fingerprint density at radius 3 is 2.89 bits per heavy atom. The summed E-state index contributed by atoms with van der Waals surface area (Å²) in [6.45, 7) is 6.83. The van der Waals surface area contributed by atoms with E-state index in [0.29, 0.717) is 5.69 Å². The van der Waals surface area contributed by atoms with E-state index in [0.717, 1.165) is 44.1 Å². The number of carbonyl (C=O) groups excluding carboxylic acids is 1. The summed E-state index contributed by atoms with van der Waals surface area (Å²) >= 11 is 0. The fraction of sp³-hybridized carbons (Fsp3) is 0.571. The highest BCUT2D eigenvalue weighted by atomic mass is 16.2. The van der Waals surface area contributed by atoms with Gasteiger partial charge in [0.2, 0.25) is 0 Å². The summed E-state index contributed by atoms with van der Waals surface area (Å²) in [4.78, 5) is 18.4. The third-order valence-corrected chi connectivity index (χ3v) is 3.43. The lowest BCUT2D eigenvalue weighted by Gasteiger charge is -2.30. The first kappa shape index (κ1) is 12.9. The Labute approximate surface area is 108 Å². The van der Waals surface area contributed by atoms with E-state index >= 15 is 0 Å². The van der Waals surface area contributed by atoms with E-state index in [1.165, 1.54) is 0 Å². The minimum Gasteiger partial charge on any atom is -0.385 e. The van der Waals surface area contributed by atoms with Crippen LogP contribution in [0.3, 0.4) is 0 Å². The van der Waals surface area contributed by atoms with Gasteiger partial charge in [0.25, 0.3) is 5.91 Å². The van der Waals surface area contributed by atoms with E-state index in [1.807, 2.05) is 24.0 Å². The summed E-state index contributed by atoms with van der Waals surface area (Å²) in [6, 6.07) is 3.72. The second-order valence-electron chi connectivity index (χ2n) is 4.93. The lowest BCUT2D eigenvalue weighted by molar-refractivity contribution is 0.0691. The summed E-state index contributed by atoms with van der Waals surface area (Å²) in [5.74, 6) is 0.789. The van der Waals surface area contributed by atoms with Crippen molar-refractivity contribution in [2.45, 2.75) is 26.7 Å². The first-order chi connectivity index (χ1) is 8.70. The van der Waals surface area contributed by atoms with Crippen molar-refractivity contribution >= 4 is 11.6 Å². The van der Waals surface area contributed by atoms with Gasteiger partial charge in [-0.15, -0.1) is 0 Å². The van der Waals surface area contributed by atoms with E-state index in [2.05, 4.69) is 17.2 Å². The van der Waals surface area contributed by atoms with E-state index in [1.54, 1.807) is 6.20 Å². The highest BCUT2D eigenvalue weighted by molar-refractivity contribution is 5.93. The molecule has 0 spiro atoms. The van der Waals surface area contributed by atoms with Gasteiger partial charge < -0.3 is 10.2 Å². The largest absolute Gasteiger partial charge is 0.385 e. The van der Waals surface area contributed by atoms with Gasteiger partial charge in [0.15, 0.2) is 0 Å². The monoisotopic (exact) mass is 247 g/mol. The first-order valence-corrected chi connectivity index (χ1v) is 6.70. The quantitative estimate of drug-likeness (QED) is 0.892. The van der Waals surface area contributed by atoms with Crippen LogP contribution in [0.2, 0.25) is 0 Å². The average molecular weight is 247 g/mol. The fourth-order valence-corrected chi connectivity index (χ4v) is 2.24. The molecule has 2 rings (SSSR count). The molecule has 1 aliphatic rings. The van der Waals surface area contributed by atoms with Crippen LogP contribution < -0.4 is 5.32 Å². The lowest BCUT2D eigenvalue weighted by atomic mass is 9.99. The SMILES string of the molecule is CCNc1ccnc(C(=O)N2CCC(C)CC2)c1. The van der Waals surface area contributed by atoms with Crippen LogP contribution in [0, 0.1) is 5.92 Å². The molecule has 1 amide bonds. The number of aromatic nitrogens is 1. The van der Waals surface area contributed by atoms with Crippen molar-refractivity contribution in [2.75, 3.05) is 25.0 Å². The molecule has 0 atom stereocenters. The second-order valence-corrected chi connectivity index (χ2v) is 4.93. The minimum atomic E-state index is 0.0571. The Morgan fingerprint density at radius 2 is 2.22 bits per heavy atom.